The lowest BCUT2D eigenvalue weighted by atomic mass is 10.7. The van der Waals surface area contributed by atoms with E-state index in [0.717, 1.165) is 0 Å². The molecule has 50 valence electrons. The zero-order valence-corrected chi connectivity index (χ0v) is 4.79. The zero-order valence-electron chi connectivity index (χ0n) is 4.79. The summed E-state index contributed by atoms with van der Waals surface area (Å²) in [7, 11) is 0. The van der Waals surface area contributed by atoms with Crippen molar-refractivity contribution in [1.29, 1.82) is 0 Å². The summed E-state index contributed by atoms with van der Waals surface area (Å²) in [6.07, 6.45) is 1.38. The van der Waals surface area contributed by atoms with E-state index in [2.05, 4.69) is 10.3 Å². The van der Waals surface area contributed by atoms with Gasteiger partial charge in [0.1, 0.15) is 12.5 Å². The van der Waals surface area contributed by atoms with Crippen LogP contribution in [0.4, 0.5) is 10.2 Å². The molecule has 0 saturated heterocycles. The first kappa shape index (κ1) is 6.00. The molecule has 5 heteroatoms. The molecule has 0 saturated carbocycles. The number of hydrogen-bond donors (Lipinski definition) is 1. The summed E-state index contributed by atoms with van der Waals surface area (Å²) in [4.78, 5) is 0. The fourth-order valence-corrected chi connectivity index (χ4v) is 0.519. The first-order chi connectivity index (χ1) is 4.34. The number of hydrogen-bond acceptors (Lipinski definition) is 3. The highest BCUT2D eigenvalue weighted by atomic mass is 19.1. The van der Waals surface area contributed by atoms with Crippen molar-refractivity contribution in [1.82, 2.24) is 15.0 Å². The van der Waals surface area contributed by atoms with Crippen LogP contribution in [0, 0.1) is 0 Å². The zero-order chi connectivity index (χ0) is 6.69. The van der Waals surface area contributed by atoms with Gasteiger partial charge >= 0.3 is 0 Å². The molecule has 0 radical (unpaired) electrons. The number of nitrogen functional groups attached to an aromatic ring is 1. The summed E-state index contributed by atoms with van der Waals surface area (Å²) < 4.78 is 12.9. The van der Waals surface area contributed by atoms with Crippen LogP contribution in [0.5, 0.6) is 0 Å². The molecule has 0 bridgehead atoms. The topological polar surface area (TPSA) is 56.7 Å². The first-order valence-electron chi connectivity index (χ1n) is 2.54. The number of rotatable bonds is 2. The van der Waals surface area contributed by atoms with Gasteiger partial charge in [-0.05, 0) is 0 Å². The second-order valence-corrected chi connectivity index (χ2v) is 1.57. The average molecular weight is 130 g/mol. The van der Waals surface area contributed by atoms with Crippen molar-refractivity contribution in [3.05, 3.63) is 6.20 Å². The van der Waals surface area contributed by atoms with Crippen LogP contribution in [0.2, 0.25) is 0 Å². The molecule has 1 heterocycles. The van der Waals surface area contributed by atoms with Crippen LogP contribution >= 0.6 is 0 Å². The van der Waals surface area contributed by atoms with Crippen molar-refractivity contribution in [3.63, 3.8) is 0 Å². The number of nitrogens with zero attached hydrogens (tertiary/aromatic N) is 3. The highest BCUT2D eigenvalue weighted by Crippen LogP contribution is 1.94. The smallest absolute Gasteiger partial charge is 0.142 e. The summed E-state index contributed by atoms with van der Waals surface area (Å²) >= 11 is 0. The van der Waals surface area contributed by atoms with Gasteiger partial charge in [-0.15, -0.1) is 5.10 Å². The van der Waals surface area contributed by atoms with Crippen molar-refractivity contribution in [2.24, 2.45) is 0 Å². The Morgan fingerprint density at radius 2 is 2.56 bits per heavy atom. The number of aromatic nitrogens is 3. The highest BCUT2D eigenvalue weighted by Gasteiger charge is 1.95. The Bertz CT molecular complexity index is 184. The Balaban J connectivity index is 2.69. The van der Waals surface area contributed by atoms with Gasteiger partial charge in [-0.1, -0.05) is 5.21 Å². The molecular formula is C4H7FN4. The maximum atomic E-state index is 11.6. The van der Waals surface area contributed by atoms with Crippen LogP contribution in [-0.2, 0) is 6.54 Å². The van der Waals surface area contributed by atoms with E-state index >= 15 is 0 Å². The van der Waals surface area contributed by atoms with Gasteiger partial charge in [-0.2, -0.15) is 0 Å². The van der Waals surface area contributed by atoms with Crippen LogP contribution in [0.3, 0.4) is 0 Å². The third-order valence-electron chi connectivity index (χ3n) is 0.944. The van der Waals surface area contributed by atoms with Crippen molar-refractivity contribution in [3.8, 4) is 0 Å². The summed E-state index contributed by atoms with van der Waals surface area (Å²) in [6.45, 7) is -0.278. The van der Waals surface area contributed by atoms with Crippen LogP contribution in [0.25, 0.3) is 0 Å². The molecule has 0 spiro atoms. The van der Waals surface area contributed by atoms with E-state index in [4.69, 9.17) is 5.73 Å². The van der Waals surface area contributed by atoms with E-state index in [1.54, 1.807) is 0 Å². The normalized spacial score (nSPS) is 9.89. The number of nitrogens with two attached hydrogens (primary N) is 1. The lowest BCUT2D eigenvalue weighted by Crippen LogP contribution is -2.05. The SMILES string of the molecule is Nc1cnnn1CCF. The predicted octanol–water partition coefficient (Wildman–Crippen LogP) is -0.170. The molecule has 0 fully saturated rings. The molecule has 9 heavy (non-hydrogen) atoms. The van der Waals surface area contributed by atoms with E-state index in [1.807, 2.05) is 0 Å². The Labute approximate surface area is 51.5 Å². The third kappa shape index (κ3) is 1.16. The Morgan fingerprint density at radius 1 is 1.78 bits per heavy atom. The monoisotopic (exact) mass is 130 g/mol. The van der Waals surface area contributed by atoms with E-state index in [0.29, 0.717) is 5.82 Å². The third-order valence-corrected chi connectivity index (χ3v) is 0.944. The van der Waals surface area contributed by atoms with Crippen LogP contribution in [0.1, 0.15) is 0 Å². The van der Waals surface area contributed by atoms with Gasteiger partial charge in [0.15, 0.2) is 0 Å². The minimum Gasteiger partial charge on any atom is -0.383 e. The van der Waals surface area contributed by atoms with Crippen LogP contribution in [0.15, 0.2) is 6.20 Å². The maximum Gasteiger partial charge on any atom is 0.142 e. The van der Waals surface area contributed by atoms with E-state index in [1.165, 1.54) is 10.9 Å². The quantitative estimate of drug-likeness (QED) is 0.604. The van der Waals surface area contributed by atoms with Gasteiger partial charge in [-0.3, -0.25) is 0 Å². The summed E-state index contributed by atoms with van der Waals surface area (Å²) in [6, 6.07) is 0. The number of alkyl halides is 1. The molecule has 0 amide bonds. The van der Waals surface area contributed by atoms with Crippen molar-refractivity contribution >= 4 is 5.82 Å². The molecule has 0 atom stereocenters. The second kappa shape index (κ2) is 2.43. The number of aryl methyl sites for hydroxylation is 1. The van der Waals surface area contributed by atoms with Gasteiger partial charge in [0.05, 0.1) is 12.7 Å². The lowest BCUT2D eigenvalue weighted by molar-refractivity contribution is 0.424. The highest BCUT2D eigenvalue weighted by molar-refractivity contribution is 5.21. The van der Waals surface area contributed by atoms with Crippen LogP contribution in [-0.4, -0.2) is 21.7 Å². The predicted molar refractivity (Wildman–Crippen MR) is 30.4 cm³/mol. The van der Waals surface area contributed by atoms with Gasteiger partial charge in [0, 0.05) is 0 Å². The molecule has 1 rings (SSSR count). The molecule has 4 nitrogen and oxygen atoms in total. The largest absolute Gasteiger partial charge is 0.383 e. The summed E-state index contributed by atoms with van der Waals surface area (Å²) in [5.74, 6) is 0.396. The van der Waals surface area contributed by atoms with Gasteiger partial charge in [0.25, 0.3) is 0 Å². The van der Waals surface area contributed by atoms with Crippen molar-refractivity contribution in [2.45, 2.75) is 6.54 Å². The maximum absolute atomic E-state index is 11.6. The minimum atomic E-state index is -0.465. The van der Waals surface area contributed by atoms with E-state index in [9.17, 15) is 4.39 Å². The van der Waals surface area contributed by atoms with Gasteiger partial charge in [0.2, 0.25) is 0 Å². The molecule has 0 aliphatic rings. The summed E-state index contributed by atoms with van der Waals surface area (Å²) in [5, 5.41) is 6.97. The Kier molecular flexibility index (Phi) is 1.62. The molecular weight excluding hydrogens is 123 g/mol. The molecule has 1 aromatic heterocycles. The standard InChI is InChI=1S/C4H7FN4/c5-1-2-9-4(6)3-7-8-9/h3H,1-2,6H2. The average Bonchev–Trinajstić information content (AvgIpc) is 2.18. The van der Waals surface area contributed by atoms with Gasteiger partial charge < -0.3 is 5.73 Å². The summed E-state index contributed by atoms with van der Waals surface area (Å²) in [5.41, 5.74) is 5.30. The van der Waals surface area contributed by atoms with Crippen molar-refractivity contribution < 1.29 is 4.39 Å². The second-order valence-electron chi connectivity index (χ2n) is 1.57. The molecule has 0 unspecified atom stereocenters. The Hall–Kier alpha value is -1.13. The van der Waals surface area contributed by atoms with E-state index < -0.39 is 6.67 Å². The fraction of sp³-hybridized carbons (Fsp3) is 0.500. The fourth-order valence-electron chi connectivity index (χ4n) is 0.519. The number of anilines is 1. The lowest BCUT2D eigenvalue weighted by Gasteiger charge is -1.94. The molecule has 0 aromatic carbocycles. The Morgan fingerprint density at radius 3 is 3.00 bits per heavy atom. The van der Waals surface area contributed by atoms with Crippen molar-refractivity contribution in [2.75, 3.05) is 12.4 Å². The molecule has 0 aliphatic carbocycles. The number of halogens is 1. The van der Waals surface area contributed by atoms with E-state index in [-0.39, 0.29) is 6.54 Å². The van der Waals surface area contributed by atoms with Gasteiger partial charge in [-0.25, -0.2) is 9.07 Å². The first-order valence-corrected chi connectivity index (χ1v) is 2.54. The molecule has 0 aliphatic heterocycles. The minimum absolute atomic E-state index is 0.186. The van der Waals surface area contributed by atoms with Crippen LogP contribution < -0.4 is 5.73 Å². The molecule has 2 N–H and O–H groups in total. The molecule has 1 aromatic rings.